The number of rotatable bonds is 7. The number of carbonyl (C=O) groups excluding carboxylic acids is 1. The molecule has 4 aromatic rings. The highest BCUT2D eigenvalue weighted by molar-refractivity contribution is 6.30. The number of hydrogen-bond acceptors (Lipinski definition) is 7. The zero-order chi connectivity index (χ0) is 27.7. The van der Waals surface area contributed by atoms with E-state index in [2.05, 4.69) is 15.5 Å². The number of nitrogens with one attached hydrogen (secondary N) is 1. The molecule has 2 aromatic carbocycles. The number of piperidine rings is 1. The quantitative estimate of drug-likeness (QED) is 0.351. The smallest absolute Gasteiger partial charge is 0.318 e. The topological polar surface area (TPSA) is 107 Å². The SMILES string of the molecule is Cc1c(NC(=O)[C@@H]2CCCN(c3nnc(-c4cc(Cl)ccc4OC(C)C)o3)C2)c(=O)n(-c2ccccc2)n1C. The summed E-state index contributed by atoms with van der Waals surface area (Å²) in [5, 5.41) is 11.9. The minimum atomic E-state index is -0.357. The lowest BCUT2D eigenvalue weighted by Crippen LogP contribution is -2.41. The van der Waals surface area contributed by atoms with Gasteiger partial charge < -0.3 is 19.4 Å². The summed E-state index contributed by atoms with van der Waals surface area (Å²) < 4.78 is 15.2. The Morgan fingerprint density at radius 3 is 2.69 bits per heavy atom. The van der Waals surface area contributed by atoms with E-state index in [1.807, 2.05) is 56.0 Å². The largest absolute Gasteiger partial charge is 0.490 e. The number of hydrogen-bond donors (Lipinski definition) is 1. The van der Waals surface area contributed by atoms with Crippen LogP contribution in [0.1, 0.15) is 32.4 Å². The van der Waals surface area contributed by atoms with Crippen molar-refractivity contribution < 1.29 is 13.9 Å². The van der Waals surface area contributed by atoms with Gasteiger partial charge in [-0.2, -0.15) is 0 Å². The minimum absolute atomic E-state index is 0.0428. The summed E-state index contributed by atoms with van der Waals surface area (Å²) in [4.78, 5) is 28.5. The van der Waals surface area contributed by atoms with Gasteiger partial charge in [0.2, 0.25) is 5.91 Å². The molecule has 2 aromatic heterocycles. The van der Waals surface area contributed by atoms with Gasteiger partial charge >= 0.3 is 6.01 Å². The lowest BCUT2D eigenvalue weighted by molar-refractivity contribution is -0.120. The van der Waals surface area contributed by atoms with Crippen molar-refractivity contribution in [3.63, 3.8) is 0 Å². The molecular weight excluding hydrogens is 520 g/mol. The number of halogens is 1. The van der Waals surface area contributed by atoms with E-state index in [-0.39, 0.29) is 35.1 Å². The van der Waals surface area contributed by atoms with Crippen molar-refractivity contribution >= 4 is 29.2 Å². The summed E-state index contributed by atoms with van der Waals surface area (Å²) >= 11 is 6.22. The van der Waals surface area contributed by atoms with E-state index in [0.29, 0.717) is 47.6 Å². The average molecular weight is 551 g/mol. The molecule has 1 N–H and O–H groups in total. The summed E-state index contributed by atoms with van der Waals surface area (Å²) in [5.74, 6) is 0.313. The highest BCUT2D eigenvalue weighted by atomic mass is 35.5. The van der Waals surface area contributed by atoms with Crippen LogP contribution in [0, 0.1) is 12.8 Å². The first-order valence-electron chi connectivity index (χ1n) is 12.9. The first kappa shape index (κ1) is 26.6. The fourth-order valence-corrected chi connectivity index (χ4v) is 4.95. The number of carbonyl (C=O) groups is 1. The van der Waals surface area contributed by atoms with Gasteiger partial charge in [-0.15, -0.1) is 5.10 Å². The third-order valence-electron chi connectivity index (χ3n) is 6.81. The van der Waals surface area contributed by atoms with Gasteiger partial charge in [0.05, 0.1) is 29.0 Å². The van der Waals surface area contributed by atoms with Crippen molar-refractivity contribution in [1.29, 1.82) is 0 Å². The first-order valence-corrected chi connectivity index (χ1v) is 13.3. The molecule has 204 valence electrons. The van der Waals surface area contributed by atoms with Crippen molar-refractivity contribution in [1.82, 2.24) is 19.6 Å². The number of anilines is 2. The van der Waals surface area contributed by atoms with Crippen LogP contribution in [0.25, 0.3) is 17.1 Å². The summed E-state index contributed by atoms with van der Waals surface area (Å²) in [6, 6.07) is 14.9. The van der Waals surface area contributed by atoms with E-state index in [4.69, 9.17) is 20.8 Å². The number of para-hydroxylation sites is 1. The molecule has 3 heterocycles. The third-order valence-corrected chi connectivity index (χ3v) is 7.05. The van der Waals surface area contributed by atoms with Crippen molar-refractivity contribution in [2.45, 2.75) is 39.7 Å². The molecule has 0 aliphatic carbocycles. The molecule has 1 aliphatic rings. The zero-order valence-corrected chi connectivity index (χ0v) is 23.1. The van der Waals surface area contributed by atoms with Crippen molar-refractivity contribution in [3.8, 4) is 22.9 Å². The monoisotopic (exact) mass is 550 g/mol. The predicted octanol–water partition coefficient (Wildman–Crippen LogP) is 4.83. The number of ether oxygens (including phenoxy) is 1. The molecule has 0 saturated carbocycles. The van der Waals surface area contributed by atoms with Crippen LogP contribution in [0.5, 0.6) is 5.75 Å². The predicted molar refractivity (Wildman–Crippen MR) is 150 cm³/mol. The molecule has 1 fully saturated rings. The number of nitrogens with zero attached hydrogens (tertiary/aromatic N) is 5. The molecule has 0 bridgehead atoms. The molecule has 1 amide bonds. The molecule has 1 aliphatic heterocycles. The van der Waals surface area contributed by atoms with Crippen molar-refractivity contribution in [3.05, 3.63) is 69.6 Å². The van der Waals surface area contributed by atoms with E-state index in [9.17, 15) is 9.59 Å². The Labute approximate surface area is 231 Å². The fourth-order valence-electron chi connectivity index (χ4n) is 4.78. The lowest BCUT2D eigenvalue weighted by Gasteiger charge is -2.30. The van der Waals surface area contributed by atoms with Crippen LogP contribution in [0.4, 0.5) is 11.7 Å². The minimum Gasteiger partial charge on any atom is -0.490 e. The van der Waals surface area contributed by atoms with Crippen LogP contribution in [0.3, 0.4) is 0 Å². The van der Waals surface area contributed by atoms with Gasteiger partial charge in [-0.25, -0.2) is 4.68 Å². The average Bonchev–Trinajstić information content (AvgIpc) is 3.50. The Bertz CT molecular complexity index is 1540. The molecular formula is C28H31ClN6O4. The third kappa shape index (κ3) is 5.42. The highest BCUT2D eigenvalue weighted by Gasteiger charge is 2.30. The number of amides is 1. The molecule has 0 unspecified atom stereocenters. The second-order valence-electron chi connectivity index (χ2n) is 9.91. The Morgan fingerprint density at radius 2 is 1.95 bits per heavy atom. The summed E-state index contributed by atoms with van der Waals surface area (Å²) in [5.41, 5.74) is 2.01. The maximum atomic E-state index is 13.3. The standard InChI is InChI=1S/C28H31ClN6O4/c1-17(2)38-23-13-12-20(29)15-22(23)26-31-32-28(39-26)34-14-8-9-19(16-34)25(36)30-24-18(3)33(4)35(27(24)37)21-10-6-5-7-11-21/h5-7,10-13,15,17,19H,8-9,14,16H2,1-4H3,(H,30,36)/t19-/m1/s1. The van der Waals surface area contributed by atoms with Gasteiger partial charge in [-0.1, -0.05) is 34.9 Å². The van der Waals surface area contributed by atoms with Crippen molar-refractivity contribution in [2.75, 3.05) is 23.3 Å². The maximum absolute atomic E-state index is 13.3. The maximum Gasteiger partial charge on any atom is 0.318 e. The fraction of sp³-hybridized carbons (Fsp3) is 0.357. The Hall–Kier alpha value is -4.05. The molecule has 10 nitrogen and oxygen atoms in total. The van der Waals surface area contributed by atoms with E-state index in [1.165, 1.54) is 0 Å². The van der Waals surface area contributed by atoms with Gasteiger partial charge in [-0.3, -0.25) is 14.3 Å². The molecule has 11 heteroatoms. The van der Waals surface area contributed by atoms with Gasteiger partial charge in [0.25, 0.3) is 11.4 Å². The van der Waals surface area contributed by atoms with Crippen LogP contribution in [0.2, 0.25) is 5.02 Å². The summed E-state index contributed by atoms with van der Waals surface area (Å²) in [6.45, 7) is 6.74. The Balaban J connectivity index is 1.33. The Morgan fingerprint density at radius 1 is 1.18 bits per heavy atom. The van der Waals surface area contributed by atoms with Crippen molar-refractivity contribution in [2.24, 2.45) is 13.0 Å². The molecule has 39 heavy (non-hydrogen) atoms. The summed E-state index contributed by atoms with van der Waals surface area (Å²) in [7, 11) is 1.80. The lowest BCUT2D eigenvalue weighted by atomic mass is 9.97. The normalized spacial score (nSPS) is 15.5. The van der Waals surface area contributed by atoms with Crippen LogP contribution in [-0.4, -0.2) is 44.7 Å². The Kier molecular flexibility index (Phi) is 7.47. The number of benzene rings is 2. The van der Waals surface area contributed by atoms with Gasteiger partial charge in [0.15, 0.2) is 0 Å². The van der Waals surface area contributed by atoms with Crippen LogP contribution in [0.15, 0.2) is 57.7 Å². The second-order valence-corrected chi connectivity index (χ2v) is 10.3. The van der Waals surface area contributed by atoms with Gasteiger partial charge in [0, 0.05) is 25.2 Å². The van der Waals surface area contributed by atoms with E-state index >= 15 is 0 Å². The molecule has 5 rings (SSSR count). The number of aromatic nitrogens is 4. The van der Waals surface area contributed by atoms with E-state index < -0.39 is 0 Å². The van der Waals surface area contributed by atoms with Gasteiger partial charge in [-0.05, 0) is 63.9 Å². The van der Waals surface area contributed by atoms with Gasteiger partial charge in [0.1, 0.15) is 11.4 Å². The van der Waals surface area contributed by atoms with Crippen LogP contribution in [-0.2, 0) is 11.8 Å². The summed E-state index contributed by atoms with van der Waals surface area (Å²) in [6.07, 6.45) is 1.40. The molecule has 0 radical (unpaired) electrons. The van der Waals surface area contributed by atoms with E-state index in [1.54, 1.807) is 34.6 Å². The molecule has 0 spiro atoms. The first-order chi connectivity index (χ1) is 18.7. The van der Waals surface area contributed by atoms with E-state index in [0.717, 1.165) is 12.1 Å². The molecule has 1 atom stereocenters. The van der Waals surface area contributed by atoms with Crippen LogP contribution >= 0.6 is 11.6 Å². The molecule has 1 saturated heterocycles. The zero-order valence-electron chi connectivity index (χ0n) is 22.3. The highest BCUT2D eigenvalue weighted by Crippen LogP contribution is 2.34. The van der Waals surface area contributed by atoms with Crippen LogP contribution < -0.4 is 20.5 Å². The second kappa shape index (κ2) is 11.0.